The number of hydrogen-bond donors (Lipinski definition) is 0. The van der Waals surface area contributed by atoms with Crippen LogP contribution in [0.15, 0.2) is 18.3 Å². The molecule has 0 amide bonds. The van der Waals surface area contributed by atoms with Gasteiger partial charge >= 0.3 is 0 Å². The topological polar surface area (TPSA) is 53.8 Å². The van der Waals surface area contributed by atoms with Crippen LogP contribution in [0.5, 0.6) is 0 Å². The Morgan fingerprint density at radius 3 is 2.80 bits per heavy atom. The van der Waals surface area contributed by atoms with Crippen LogP contribution in [0, 0.1) is 11.3 Å². The van der Waals surface area contributed by atoms with Crippen molar-refractivity contribution in [2.75, 3.05) is 0 Å². The highest BCUT2D eigenvalue weighted by molar-refractivity contribution is 5.79. The Morgan fingerprint density at radius 2 is 2.13 bits per heavy atom. The van der Waals surface area contributed by atoms with Crippen molar-refractivity contribution >= 4 is 5.78 Å². The summed E-state index contributed by atoms with van der Waals surface area (Å²) >= 11 is 0. The van der Waals surface area contributed by atoms with Crippen LogP contribution >= 0.6 is 0 Å². The first kappa shape index (κ1) is 9.85. The molecular formula is C12H12N2O. The van der Waals surface area contributed by atoms with Crippen molar-refractivity contribution in [3.05, 3.63) is 29.6 Å². The van der Waals surface area contributed by atoms with Crippen LogP contribution < -0.4 is 0 Å². The van der Waals surface area contributed by atoms with E-state index in [1.165, 1.54) is 0 Å². The fraction of sp³-hybridized carbons (Fsp3) is 0.417. The van der Waals surface area contributed by atoms with Crippen molar-refractivity contribution in [3.63, 3.8) is 0 Å². The van der Waals surface area contributed by atoms with Crippen molar-refractivity contribution in [1.82, 2.24) is 4.98 Å². The SMILES string of the molecule is N#Cc1ncccc1C1CCC(=O)CC1. The summed E-state index contributed by atoms with van der Waals surface area (Å²) in [6.07, 6.45) is 4.64. The number of pyridine rings is 1. The highest BCUT2D eigenvalue weighted by Gasteiger charge is 2.22. The van der Waals surface area contributed by atoms with Gasteiger partial charge in [-0.1, -0.05) is 6.07 Å². The highest BCUT2D eigenvalue weighted by Crippen LogP contribution is 2.32. The Morgan fingerprint density at radius 1 is 1.40 bits per heavy atom. The number of nitrogens with zero attached hydrogens (tertiary/aromatic N) is 2. The van der Waals surface area contributed by atoms with Gasteiger partial charge in [-0.25, -0.2) is 4.98 Å². The number of carbonyl (C=O) groups is 1. The van der Waals surface area contributed by atoms with Gasteiger partial charge in [-0.15, -0.1) is 0 Å². The zero-order valence-corrected chi connectivity index (χ0v) is 8.44. The lowest BCUT2D eigenvalue weighted by Crippen LogP contribution is -2.13. The standard InChI is InChI=1S/C12H12N2O/c13-8-12-11(2-1-7-14-12)9-3-5-10(15)6-4-9/h1-2,7,9H,3-6H2. The van der Waals surface area contributed by atoms with Gasteiger partial charge < -0.3 is 0 Å². The lowest BCUT2D eigenvalue weighted by molar-refractivity contribution is -0.120. The van der Waals surface area contributed by atoms with Gasteiger partial charge in [-0.3, -0.25) is 4.79 Å². The number of carbonyl (C=O) groups excluding carboxylic acids is 1. The molecule has 0 spiro atoms. The predicted octanol–water partition coefficient (Wildman–Crippen LogP) is 2.18. The van der Waals surface area contributed by atoms with E-state index < -0.39 is 0 Å². The number of aromatic nitrogens is 1. The van der Waals surface area contributed by atoms with Crippen LogP contribution in [-0.2, 0) is 4.79 Å². The smallest absolute Gasteiger partial charge is 0.143 e. The molecule has 1 fully saturated rings. The summed E-state index contributed by atoms with van der Waals surface area (Å²) < 4.78 is 0. The minimum atomic E-state index is 0.339. The molecule has 76 valence electrons. The zero-order valence-electron chi connectivity index (χ0n) is 8.44. The molecule has 1 heterocycles. The lowest BCUT2D eigenvalue weighted by atomic mass is 9.83. The van der Waals surface area contributed by atoms with Gasteiger partial charge in [0, 0.05) is 19.0 Å². The van der Waals surface area contributed by atoms with Crippen LogP contribution in [0.25, 0.3) is 0 Å². The van der Waals surface area contributed by atoms with E-state index in [2.05, 4.69) is 11.1 Å². The minimum Gasteiger partial charge on any atom is -0.300 e. The van der Waals surface area contributed by atoms with Crippen molar-refractivity contribution in [2.45, 2.75) is 31.6 Å². The molecule has 3 heteroatoms. The molecule has 1 aliphatic rings. The Hall–Kier alpha value is -1.69. The molecule has 1 aromatic heterocycles. The van der Waals surface area contributed by atoms with Gasteiger partial charge in [0.25, 0.3) is 0 Å². The van der Waals surface area contributed by atoms with E-state index in [1.807, 2.05) is 12.1 Å². The third-order valence-corrected chi connectivity index (χ3v) is 2.93. The quantitative estimate of drug-likeness (QED) is 0.698. The Labute approximate surface area is 88.8 Å². The number of hydrogen-bond acceptors (Lipinski definition) is 3. The second-order valence-corrected chi connectivity index (χ2v) is 3.87. The zero-order chi connectivity index (χ0) is 10.7. The molecule has 1 aromatic rings. The molecule has 15 heavy (non-hydrogen) atoms. The first-order valence-electron chi connectivity index (χ1n) is 5.18. The third-order valence-electron chi connectivity index (χ3n) is 2.93. The highest BCUT2D eigenvalue weighted by atomic mass is 16.1. The number of rotatable bonds is 1. The molecule has 0 bridgehead atoms. The molecule has 0 unspecified atom stereocenters. The van der Waals surface area contributed by atoms with E-state index in [4.69, 9.17) is 5.26 Å². The molecule has 0 radical (unpaired) electrons. The number of Topliss-reactive ketones (excluding diaryl/α,β-unsaturated/α-hetero) is 1. The summed E-state index contributed by atoms with van der Waals surface area (Å²) in [7, 11) is 0. The van der Waals surface area contributed by atoms with Gasteiger partial charge in [0.05, 0.1) is 0 Å². The average Bonchev–Trinajstić information content (AvgIpc) is 2.30. The number of ketones is 1. The Balaban J connectivity index is 2.23. The maximum atomic E-state index is 11.1. The summed E-state index contributed by atoms with van der Waals surface area (Å²) in [5.74, 6) is 0.680. The van der Waals surface area contributed by atoms with Crippen LogP contribution in [-0.4, -0.2) is 10.8 Å². The molecule has 0 aliphatic heterocycles. The van der Waals surface area contributed by atoms with Gasteiger partial charge in [0.1, 0.15) is 17.5 Å². The van der Waals surface area contributed by atoms with Crippen molar-refractivity contribution in [1.29, 1.82) is 5.26 Å². The van der Waals surface area contributed by atoms with Gasteiger partial charge in [-0.2, -0.15) is 5.26 Å². The predicted molar refractivity (Wildman–Crippen MR) is 55.2 cm³/mol. The minimum absolute atomic E-state index is 0.339. The van der Waals surface area contributed by atoms with Crippen molar-refractivity contribution < 1.29 is 4.79 Å². The lowest BCUT2D eigenvalue weighted by Gasteiger charge is -2.21. The molecule has 1 saturated carbocycles. The summed E-state index contributed by atoms with van der Waals surface area (Å²) in [5.41, 5.74) is 1.52. The molecule has 0 saturated heterocycles. The van der Waals surface area contributed by atoms with E-state index in [-0.39, 0.29) is 0 Å². The van der Waals surface area contributed by atoms with Gasteiger partial charge in [0.2, 0.25) is 0 Å². The summed E-state index contributed by atoms with van der Waals surface area (Å²) in [6.45, 7) is 0. The maximum Gasteiger partial charge on any atom is 0.143 e. The third kappa shape index (κ3) is 2.04. The van der Waals surface area contributed by atoms with Gasteiger partial charge in [-0.05, 0) is 30.4 Å². The second kappa shape index (κ2) is 4.22. The summed E-state index contributed by atoms with van der Waals surface area (Å²) in [6, 6.07) is 5.91. The van der Waals surface area contributed by atoms with Crippen LogP contribution in [0.2, 0.25) is 0 Å². The fourth-order valence-corrected chi connectivity index (χ4v) is 2.09. The van der Waals surface area contributed by atoms with Gasteiger partial charge in [0.15, 0.2) is 0 Å². The van der Waals surface area contributed by atoms with Crippen molar-refractivity contribution in [3.8, 4) is 6.07 Å². The summed E-state index contributed by atoms with van der Waals surface area (Å²) in [5, 5.41) is 8.92. The Kier molecular flexibility index (Phi) is 2.77. The molecule has 1 aliphatic carbocycles. The summed E-state index contributed by atoms with van der Waals surface area (Å²) in [4.78, 5) is 15.2. The van der Waals surface area contributed by atoms with E-state index in [0.717, 1.165) is 18.4 Å². The van der Waals surface area contributed by atoms with E-state index in [0.29, 0.717) is 30.2 Å². The molecule has 2 rings (SSSR count). The molecule has 0 aromatic carbocycles. The first-order chi connectivity index (χ1) is 7.31. The van der Waals surface area contributed by atoms with E-state index >= 15 is 0 Å². The van der Waals surface area contributed by atoms with Crippen LogP contribution in [0.4, 0.5) is 0 Å². The second-order valence-electron chi connectivity index (χ2n) is 3.87. The average molecular weight is 200 g/mol. The van der Waals surface area contributed by atoms with Crippen LogP contribution in [0.1, 0.15) is 42.9 Å². The fourth-order valence-electron chi connectivity index (χ4n) is 2.09. The van der Waals surface area contributed by atoms with Crippen molar-refractivity contribution in [2.24, 2.45) is 0 Å². The maximum absolute atomic E-state index is 11.1. The Bertz CT molecular complexity index is 410. The monoisotopic (exact) mass is 200 g/mol. The molecule has 0 atom stereocenters. The first-order valence-corrected chi connectivity index (χ1v) is 5.18. The van der Waals surface area contributed by atoms with Crippen LogP contribution in [0.3, 0.4) is 0 Å². The largest absolute Gasteiger partial charge is 0.300 e. The van der Waals surface area contributed by atoms with E-state index in [1.54, 1.807) is 6.20 Å². The molecule has 3 nitrogen and oxygen atoms in total. The van der Waals surface area contributed by atoms with E-state index in [9.17, 15) is 4.79 Å². The molecule has 0 N–H and O–H groups in total. The molecular weight excluding hydrogens is 188 g/mol. The number of nitriles is 1. The normalized spacial score (nSPS) is 17.4.